The van der Waals surface area contributed by atoms with E-state index in [0.717, 1.165) is 5.56 Å². The lowest BCUT2D eigenvalue weighted by molar-refractivity contribution is 0.0933. The molecule has 2 heteroatoms. The van der Waals surface area contributed by atoms with Gasteiger partial charge in [-0.1, -0.05) is 49.6 Å². The van der Waals surface area contributed by atoms with Crippen LogP contribution < -0.4 is 5.32 Å². The lowest BCUT2D eigenvalue weighted by Crippen LogP contribution is -2.45. The second-order valence-electron chi connectivity index (χ2n) is 5.99. The smallest absolute Gasteiger partial charge is 0.179 e. The van der Waals surface area contributed by atoms with Crippen LogP contribution in [0.15, 0.2) is 24.3 Å². The minimum absolute atomic E-state index is 0.0896. The molecule has 2 rings (SSSR count). The Bertz CT molecular complexity index is 423. The molecule has 0 aromatic heterocycles. The fourth-order valence-corrected chi connectivity index (χ4v) is 2.93. The first-order valence-corrected chi connectivity index (χ1v) is 7.45. The van der Waals surface area contributed by atoms with E-state index < -0.39 is 0 Å². The second kappa shape index (κ2) is 6.33. The molecule has 1 aliphatic carbocycles. The van der Waals surface area contributed by atoms with Gasteiger partial charge in [0.25, 0.3) is 0 Å². The van der Waals surface area contributed by atoms with Crippen molar-refractivity contribution < 1.29 is 4.79 Å². The highest BCUT2D eigenvalue weighted by Gasteiger charge is 2.25. The molecule has 1 aromatic rings. The Morgan fingerprint density at radius 3 is 2.47 bits per heavy atom. The highest BCUT2D eigenvalue weighted by Crippen LogP contribution is 2.24. The first-order chi connectivity index (χ1) is 9.08. The molecule has 0 saturated heterocycles. The molecule has 0 heterocycles. The van der Waals surface area contributed by atoms with Gasteiger partial charge in [-0.05, 0) is 32.6 Å². The number of Topliss-reactive ketones (excluding diaryl/α,β-unsaturated/α-hetero) is 1. The maximum Gasteiger partial charge on any atom is 0.179 e. The normalized spacial score (nSPS) is 25.0. The quantitative estimate of drug-likeness (QED) is 0.835. The maximum absolute atomic E-state index is 12.4. The molecule has 0 aliphatic heterocycles. The van der Waals surface area contributed by atoms with Crippen LogP contribution in [0.3, 0.4) is 0 Å². The molecular weight excluding hydrogens is 234 g/mol. The molecule has 0 radical (unpaired) electrons. The number of ketones is 1. The van der Waals surface area contributed by atoms with Gasteiger partial charge >= 0.3 is 0 Å². The highest BCUT2D eigenvalue weighted by molar-refractivity contribution is 5.99. The average molecular weight is 259 g/mol. The van der Waals surface area contributed by atoms with Crippen LogP contribution in [0.2, 0.25) is 0 Å². The largest absolute Gasteiger partial charge is 0.304 e. The molecule has 19 heavy (non-hydrogen) atoms. The van der Waals surface area contributed by atoms with E-state index in [-0.39, 0.29) is 11.8 Å². The van der Waals surface area contributed by atoms with E-state index in [1.807, 2.05) is 38.1 Å². The summed E-state index contributed by atoms with van der Waals surface area (Å²) in [5.74, 6) is 0.889. The Balaban J connectivity index is 1.97. The number of carbonyl (C=O) groups is 1. The molecule has 1 aromatic carbocycles. The number of nitrogens with one attached hydrogen (secondary N) is 1. The van der Waals surface area contributed by atoms with Gasteiger partial charge in [0.15, 0.2) is 5.78 Å². The summed E-state index contributed by atoms with van der Waals surface area (Å²) in [7, 11) is 0. The molecule has 0 bridgehead atoms. The molecule has 3 unspecified atom stereocenters. The minimum atomic E-state index is -0.0896. The summed E-state index contributed by atoms with van der Waals surface area (Å²) in [6, 6.07) is 8.28. The van der Waals surface area contributed by atoms with Crippen molar-refractivity contribution in [2.75, 3.05) is 0 Å². The third-order valence-corrected chi connectivity index (χ3v) is 4.30. The standard InChI is InChI=1S/C17H25NO/c1-12-8-10-15(11-9-12)17(19)14(3)18-16-7-5-4-6-13(16)2/h8-11,13-14,16,18H,4-7H2,1-3H3. The van der Waals surface area contributed by atoms with Gasteiger partial charge in [-0.3, -0.25) is 4.79 Å². The number of hydrogen-bond acceptors (Lipinski definition) is 2. The molecular formula is C17H25NO. The van der Waals surface area contributed by atoms with Crippen LogP contribution in [-0.4, -0.2) is 17.9 Å². The molecule has 1 N–H and O–H groups in total. The van der Waals surface area contributed by atoms with Crippen LogP contribution in [0.1, 0.15) is 55.5 Å². The molecule has 0 amide bonds. The Morgan fingerprint density at radius 2 is 1.84 bits per heavy atom. The summed E-state index contributed by atoms with van der Waals surface area (Å²) >= 11 is 0. The van der Waals surface area contributed by atoms with E-state index in [1.165, 1.54) is 31.2 Å². The van der Waals surface area contributed by atoms with Gasteiger partial charge in [-0.15, -0.1) is 0 Å². The molecule has 3 atom stereocenters. The fraction of sp³-hybridized carbons (Fsp3) is 0.588. The predicted molar refractivity (Wildman–Crippen MR) is 79.5 cm³/mol. The second-order valence-corrected chi connectivity index (χ2v) is 5.99. The van der Waals surface area contributed by atoms with Crippen molar-refractivity contribution in [2.45, 2.75) is 58.5 Å². The lowest BCUT2D eigenvalue weighted by Gasteiger charge is -2.31. The van der Waals surface area contributed by atoms with Crippen molar-refractivity contribution >= 4 is 5.78 Å². The molecule has 1 fully saturated rings. The fourth-order valence-electron chi connectivity index (χ4n) is 2.93. The van der Waals surface area contributed by atoms with E-state index in [4.69, 9.17) is 0 Å². The minimum Gasteiger partial charge on any atom is -0.304 e. The van der Waals surface area contributed by atoms with E-state index >= 15 is 0 Å². The first-order valence-electron chi connectivity index (χ1n) is 7.45. The molecule has 104 valence electrons. The molecule has 2 nitrogen and oxygen atoms in total. The van der Waals surface area contributed by atoms with Gasteiger partial charge in [-0.25, -0.2) is 0 Å². The third kappa shape index (κ3) is 3.66. The van der Waals surface area contributed by atoms with Crippen molar-refractivity contribution in [1.82, 2.24) is 5.32 Å². The zero-order valence-corrected chi connectivity index (χ0v) is 12.3. The van der Waals surface area contributed by atoms with Crippen molar-refractivity contribution in [3.63, 3.8) is 0 Å². The van der Waals surface area contributed by atoms with E-state index in [1.54, 1.807) is 0 Å². The topological polar surface area (TPSA) is 29.1 Å². The highest BCUT2D eigenvalue weighted by atomic mass is 16.1. The van der Waals surface area contributed by atoms with Gasteiger partial charge in [0.05, 0.1) is 6.04 Å². The Kier molecular flexibility index (Phi) is 4.76. The number of aryl methyl sites for hydroxylation is 1. The van der Waals surface area contributed by atoms with E-state index in [2.05, 4.69) is 12.2 Å². The van der Waals surface area contributed by atoms with Gasteiger partial charge in [0, 0.05) is 11.6 Å². The third-order valence-electron chi connectivity index (χ3n) is 4.30. The zero-order chi connectivity index (χ0) is 13.8. The zero-order valence-electron chi connectivity index (χ0n) is 12.3. The van der Waals surface area contributed by atoms with Crippen LogP contribution in [0, 0.1) is 12.8 Å². The van der Waals surface area contributed by atoms with Crippen LogP contribution in [0.5, 0.6) is 0 Å². The van der Waals surface area contributed by atoms with Crippen molar-refractivity contribution in [3.05, 3.63) is 35.4 Å². The number of benzene rings is 1. The van der Waals surface area contributed by atoms with Crippen LogP contribution >= 0.6 is 0 Å². The first kappa shape index (κ1) is 14.3. The van der Waals surface area contributed by atoms with Gasteiger partial charge in [-0.2, -0.15) is 0 Å². The Labute approximate surface area is 116 Å². The number of hydrogen-bond donors (Lipinski definition) is 1. The van der Waals surface area contributed by atoms with Crippen LogP contribution in [0.4, 0.5) is 0 Å². The average Bonchev–Trinajstić information content (AvgIpc) is 2.41. The summed E-state index contributed by atoms with van der Waals surface area (Å²) < 4.78 is 0. The summed E-state index contributed by atoms with van der Waals surface area (Å²) in [5.41, 5.74) is 2.01. The van der Waals surface area contributed by atoms with E-state index in [0.29, 0.717) is 12.0 Å². The van der Waals surface area contributed by atoms with Crippen LogP contribution in [-0.2, 0) is 0 Å². The summed E-state index contributed by atoms with van der Waals surface area (Å²) in [6.07, 6.45) is 5.10. The molecule has 0 spiro atoms. The maximum atomic E-state index is 12.4. The van der Waals surface area contributed by atoms with Crippen LogP contribution in [0.25, 0.3) is 0 Å². The molecule has 1 aliphatic rings. The molecule has 1 saturated carbocycles. The summed E-state index contributed by atoms with van der Waals surface area (Å²) in [4.78, 5) is 12.4. The van der Waals surface area contributed by atoms with Crippen molar-refractivity contribution in [1.29, 1.82) is 0 Å². The predicted octanol–water partition coefficient (Wildman–Crippen LogP) is 3.73. The SMILES string of the molecule is Cc1ccc(C(=O)C(C)NC2CCCCC2C)cc1. The summed E-state index contributed by atoms with van der Waals surface area (Å²) in [5, 5.41) is 3.53. The lowest BCUT2D eigenvalue weighted by atomic mass is 9.85. The van der Waals surface area contributed by atoms with Gasteiger partial charge < -0.3 is 5.32 Å². The Hall–Kier alpha value is -1.15. The Morgan fingerprint density at radius 1 is 1.21 bits per heavy atom. The van der Waals surface area contributed by atoms with E-state index in [9.17, 15) is 4.79 Å². The number of rotatable bonds is 4. The van der Waals surface area contributed by atoms with Crippen molar-refractivity contribution in [2.24, 2.45) is 5.92 Å². The number of carbonyl (C=O) groups excluding carboxylic acids is 1. The van der Waals surface area contributed by atoms with Gasteiger partial charge in [0.2, 0.25) is 0 Å². The summed E-state index contributed by atoms with van der Waals surface area (Å²) in [6.45, 7) is 6.32. The van der Waals surface area contributed by atoms with Crippen molar-refractivity contribution in [3.8, 4) is 0 Å². The monoisotopic (exact) mass is 259 g/mol. The van der Waals surface area contributed by atoms with Gasteiger partial charge in [0.1, 0.15) is 0 Å².